The maximum Gasteiger partial charge on any atom is 0.0451 e. The second kappa shape index (κ2) is 5.67. The molecule has 1 heterocycles. The molecule has 88 valence electrons. The Bertz CT molecular complexity index is 334. The van der Waals surface area contributed by atoms with E-state index in [-0.39, 0.29) is 0 Å². The van der Waals surface area contributed by atoms with E-state index < -0.39 is 0 Å². The second-order valence-corrected chi connectivity index (χ2v) is 4.91. The molecule has 16 heavy (non-hydrogen) atoms. The van der Waals surface area contributed by atoms with Crippen LogP contribution in [0.3, 0.4) is 0 Å². The molecule has 1 fully saturated rings. The third kappa shape index (κ3) is 2.97. The lowest BCUT2D eigenvalue weighted by Crippen LogP contribution is -2.43. The quantitative estimate of drug-likeness (QED) is 0.871. The Morgan fingerprint density at radius 1 is 1.44 bits per heavy atom. The zero-order valence-electron chi connectivity index (χ0n) is 9.75. The van der Waals surface area contributed by atoms with Gasteiger partial charge < -0.3 is 5.32 Å². The van der Waals surface area contributed by atoms with Crippen molar-refractivity contribution < 1.29 is 0 Å². The molecular formula is C13H19ClN2. The molecular weight excluding hydrogens is 220 g/mol. The van der Waals surface area contributed by atoms with Gasteiger partial charge in [0.2, 0.25) is 0 Å². The largest absolute Gasteiger partial charge is 0.315 e. The predicted octanol–water partition coefficient (Wildman–Crippen LogP) is 2.52. The molecule has 0 aliphatic carbocycles. The lowest BCUT2D eigenvalue weighted by Gasteiger charge is -2.31. The summed E-state index contributed by atoms with van der Waals surface area (Å²) in [6.45, 7) is 3.20. The normalized spacial score (nSPS) is 21.3. The number of nitrogens with zero attached hydrogens (tertiary/aromatic N) is 1. The summed E-state index contributed by atoms with van der Waals surface area (Å²) in [4.78, 5) is 2.40. The SMILES string of the molecule is CN(Cc1ccccc1Cl)[C@@H]1CCCNC1. The summed E-state index contributed by atoms with van der Waals surface area (Å²) in [6, 6.07) is 8.74. The fourth-order valence-electron chi connectivity index (χ4n) is 2.23. The molecule has 0 unspecified atom stereocenters. The van der Waals surface area contributed by atoms with E-state index in [0.717, 1.165) is 24.7 Å². The van der Waals surface area contributed by atoms with Gasteiger partial charge in [-0.3, -0.25) is 4.90 Å². The minimum atomic E-state index is 0.644. The Kier molecular flexibility index (Phi) is 4.22. The van der Waals surface area contributed by atoms with E-state index in [1.165, 1.54) is 18.4 Å². The molecule has 0 bridgehead atoms. The van der Waals surface area contributed by atoms with Crippen LogP contribution in [0.5, 0.6) is 0 Å². The van der Waals surface area contributed by atoms with Crippen LogP contribution in [0, 0.1) is 0 Å². The number of hydrogen-bond donors (Lipinski definition) is 1. The predicted molar refractivity (Wildman–Crippen MR) is 68.8 cm³/mol. The summed E-state index contributed by atoms with van der Waals surface area (Å²) < 4.78 is 0. The molecule has 1 N–H and O–H groups in total. The van der Waals surface area contributed by atoms with Crippen molar-refractivity contribution in [2.75, 3.05) is 20.1 Å². The molecule has 1 saturated heterocycles. The van der Waals surface area contributed by atoms with Gasteiger partial charge in [-0.2, -0.15) is 0 Å². The Balaban J connectivity index is 1.96. The van der Waals surface area contributed by atoms with Gasteiger partial charge >= 0.3 is 0 Å². The number of likely N-dealkylation sites (N-methyl/N-ethyl adjacent to an activating group) is 1. The van der Waals surface area contributed by atoms with Crippen LogP contribution in [0.2, 0.25) is 5.02 Å². The van der Waals surface area contributed by atoms with Crippen LogP contribution in [-0.4, -0.2) is 31.1 Å². The lowest BCUT2D eigenvalue weighted by atomic mass is 10.1. The van der Waals surface area contributed by atoms with Gasteiger partial charge in [0, 0.05) is 24.2 Å². The minimum Gasteiger partial charge on any atom is -0.315 e. The average molecular weight is 239 g/mol. The van der Waals surface area contributed by atoms with Crippen LogP contribution >= 0.6 is 11.6 Å². The Morgan fingerprint density at radius 2 is 2.25 bits per heavy atom. The van der Waals surface area contributed by atoms with Gasteiger partial charge in [-0.15, -0.1) is 0 Å². The summed E-state index contributed by atoms with van der Waals surface area (Å²) in [7, 11) is 2.18. The standard InChI is InChI=1S/C13H19ClN2/c1-16(12-6-4-8-15-9-12)10-11-5-2-3-7-13(11)14/h2-3,5,7,12,15H,4,6,8-10H2,1H3/t12-/m1/s1. The zero-order chi connectivity index (χ0) is 11.4. The lowest BCUT2D eigenvalue weighted by molar-refractivity contribution is 0.196. The van der Waals surface area contributed by atoms with Gasteiger partial charge in [0.1, 0.15) is 0 Å². The van der Waals surface area contributed by atoms with Gasteiger partial charge in [0.05, 0.1) is 0 Å². The molecule has 3 heteroatoms. The highest BCUT2D eigenvalue weighted by atomic mass is 35.5. The van der Waals surface area contributed by atoms with Gasteiger partial charge in [-0.25, -0.2) is 0 Å². The first-order valence-corrected chi connectivity index (χ1v) is 6.29. The number of piperidine rings is 1. The average Bonchev–Trinajstić information content (AvgIpc) is 2.33. The molecule has 1 atom stereocenters. The molecule has 1 aliphatic heterocycles. The summed E-state index contributed by atoms with van der Waals surface area (Å²) in [5.74, 6) is 0. The van der Waals surface area contributed by atoms with E-state index in [1.807, 2.05) is 18.2 Å². The number of hydrogen-bond acceptors (Lipinski definition) is 2. The molecule has 0 radical (unpaired) electrons. The maximum absolute atomic E-state index is 6.16. The van der Waals surface area contributed by atoms with Crippen molar-refractivity contribution in [2.24, 2.45) is 0 Å². The minimum absolute atomic E-state index is 0.644. The number of rotatable bonds is 3. The molecule has 0 aromatic heterocycles. The highest BCUT2D eigenvalue weighted by Crippen LogP contribution is 2.18. The van der Waals surface area contributed by atoms with Gasteiger partial charge in [-0.05, 0) is 38.1 Å². The third-order valence-corrected chi connectivity index (χ3v) is 3.64. The van der Waals surface area contributed by atoms with Crippen LogP contribution in [-0.2, 0) is 6.54 Å². The highest BCUT2D eigenvalue weighted by molar-refractivity contribution is 6.31. The molecule has 2 nitrogen and oxygen atoms in total. The Morgan fingerprint density at radius 3 is 2.94 bits per heavy atom. The number of halogens is 1. The molecule has 1 aromatic rings. The number of nitrogens with one attached hydrogen (secondary N) is 1. The van der Waals surface area contributed by atoms with E-state index in [0.29, 0.717) is 6.04 Å². The number of benzene rings is 1. The van der Waals surface area contributed by atoms with Crippen LogP contribution in [0.25, 0.3) is 0 Å². The van der Waals surface area contributed by atoms with Gasteiger partial charge in [-0.1, -0.05) is 29.8 Å². The van der Waals surface area contributed by atoms with E-state index >= 15 is 0 Å². The smallest absolute Gasteiger partial charge is 0.0451 e. The van der Waals surface area contributed by atoms with Crippen molar-refractivity contribution >= 4 is 11.6 Å². The van der Waals surface area contributed by atoms with Gasteiger partial charge in [0.25, 0.3) is 0 Å². The summed E-state index contributed by atoms with van der Waals surface area (Å²) in [6.07, 6.45) is 2.56. The monoisotopic (exact) mass is 238 g/mol. The first-order chi connectivity index (χ1) is 7.77. The fraction of sp³-hybridized carbons (Fsp3) is 0.538. The van der Waals surface area contributed by atoms with Crippen molar-refractivity contribution in [3.63, 3.8) is 0 Å². The summed E-state index contributed by atoms with van der Waals surface area (Å²) >= 11 is 6.16. The Labute approximate surface area is 103 Å². The fourth-order valence-corrected chi connectivity index (χ4v) is 2.43. The summed E-state index contributed by atoms with van der Waals surface area (Å²) in [5, 5.41) is 4.31. The van der Waals surface area contributed by atoms with Crippen LogP contribution in [0.4, 0.5) is 0 Å². The maximum atomic E-state index is 6.16. The van der Waals surface area contributed by atoms with Crippen molar-refractivity contribution in [3.05, 3.63) is 34.9 Å². The van der Waals surface area contributed by atoms with Gasteiger partial charge in [0.15, 0.2) is 0 Å². The summed E-state index contributed by atoms with van der Waals surface area (Å²) in [5.41, 5.74) is 1.22. The Hall–Kier alpha value is -0.570. The van der Waals surface area contributed by atoms with E-state index in [4.69, 9.17) is 11.6 Å². The van der Waals surface area contributed by atoms with Crippen molar-refractivity contribution in [2.45, 2.75) is 25.4 Å². The molecule has 0 saturated carbocycles. The van der Waals surface area contributed by atoms with E-state index in [2.05, 4.69) is 23.3 Å². The van der Waals surface area contributed by atoms with Crippen LogP contribution < -0.4 is 5.32 Å². The van der Waals surface area contributed by atoms with Crippen molar-refractivity contribution in [3.8, 4) is 0 Å². The highest BCUT2D eigenvalue weighted by Gasteiger charge is 2.18. The zero-order valence-corrected chi connectivity index (χ0v) is 10.5. The molecule has 1 aliphatic rings. The first-order valence-electron chi connectivity index (χ1n) is 5.92. The molecule has 0 amide bonds. The van der Waals surface area contributed by atoms with Crippen molar-refractivity contribution in [1.82, 2.24) is 10.2 Å². The molecule has 2 rings (SSSR count). The first kappa shape index (κ1) is 11.9. The topological polar surface area (TPSA) is 15.3 Å². The third-order valence-electron chi connectivity index (χ3n) is 3.27. The van der Waals surface area contributed by atoms with Crippen LogP contribution in [0.1, 0.15) is 18.4 Å². The van der Waals surface area contributed by atoms with E-state index in [9.17, 15) is 0 Å². The van der Waals surface area contributed by atoms with E-state index in [1.54, 1.807) is 0 Å². The van der Waals surface area contributed by atoms with Crippen molar-refractivity contribution in [1.29, 1.82) is 0 Å². The molecule has 0 spiro atoms. The second-order valence-electron chi connectivity index (χ2n) is 4.51. The van der Waals surface area contributed by atoms with Crippen LogP contribution in [0.15, 0.2) is 24.3 Å². The molecule has 1 aromatic carbocycles.